The highest BCUT2D eigenvalue weighted by Crippen LogP contribution is 2.23. The van der Waals surface area contributed by atoms with Gasteiger partial charge in [-0.05, 0) is 49.7 Å². The van der Waals surface area contributed by atoms with Crippen LogP contribution >= 0.6 is 0 Å². The maximum atomic E-state index is 13.0. The van der Waals surface area contributed by atoms with E-state index in [9.17, 15) is 18.0 Å². The standard InChI is InChI=1S/C24H25N3O4S/c1-3-16-25-23(28)19-8-4-6-10-21(19)26-24(29)20-9-5-7-11-22(20)27-32(30,31)18-14-12-17(2)13-15-18/h4-15,27H,3,16H2,1-2H3,(H,25,28)(H,26,29). The lowest BCUT2D eigenvalue weighted by molar-refractivity contribution is 0.0954. The summed E-state index contributed by atoms with van der Waals surface area (Å²) in [5.74, 6) is -0.834. The van der Waals surface area contributed by atoms with Gasteiger partial charge in [0.1, 0.15) is 0 Å². The molecule has 0 fully saturated rings. The summed E-state index contributed by atoms with van der Waals surface area (Å²) in [6, 6.07) is 19.4. The number of carbonyl (C=O) groups is 2. The third kappa shape index (κ3) is 5.53. The van der Waals surface area contributed by atoms with Crippen molar-refractivity contribution in [3.05, 3.63) is 89.5 Å². The maximum Gasteiger partial charge on any atom is 0.261 e. The van der Waals surface area contributed by atoms with Crippen molar-refractivity contribution >= 4 is 33.2 Å². The average Bonchev–Trinajstić information content (AvgIpc) is 2.78. The molecule has 0 aliphatic rings. The Morgan fingerprint density at radius 2 is 1.34 bits per heavy atom. The highest BCUT2D eigenvalue weighted by molar-refractivity contribution is 7.92. The van der Waals surface area contributed by atoms with Crippen LogP contribution in [0, 0.1) is 6.92 Å². The van der Waals surface area contributed by atoms with E-state index < -0.39 is 15.9 Å². The minimum Gasteiger partial charge on any atom is -0.352 e. The fourth-order valence-corrected chi connectivity index (χ4v) is 4.08. The third-order valence-electron chi connectivity index (χ3n) is 4.70. The molecular formula is C24H25N3O4S. The van der Waals surface area contributed by atoms with Crippen LogP contribution in [0.4, 0.5) is 11.4 Å². The lowest BCUT2D eigenvalue weighted by Gasteiger charge is -2.14. The van der Waals surface area contributed by atoms with Gasteiger partial charge in [0.2, 0.25) is 0 Å². The molecule has 7 nitrogen and oxygen atoms in total. The number of para-hydroxylation sites is 2. The van der Waals surface area contributed by atoms with Crippen LogP contribution in [0.3, 0.4) is 0 Å². The number of carbonyl (C=O) groups excluding carboxylic acids is 2. The molecule has 3 N–H and O–H groups in total. The maximum absolute atomic E-state index is 13.0. The SMILES string of the molecule is CCCNC(=O)c1ccccc1NC(=O)c1ccccc1NS(=O)(=O)c1ccc(C)cc1. The first kappa shape index (κ1) is 23.0. The van der Waals surface area contributed by atoms with Crippen molar-refractivity contribution in [2.75, 3.05) is 16.6 Å². The van der Waals surface area contributed by atoms with Gasteiger partial charge in [-0.2, -0.15) is 0 Å². The molecule has 0 saturated carbocycles. The number of rotatable bonds is 8. The monoisotopic (exact) mass is 451 g/mol. The first-order valence-electron chi connectivity index (χ1n) is 10.2. The number of aryl methyl sites for hydroxylation is 1. The fourth-order valence-electron chi connectivity index (χ4n) is 3.00. The summed E-state index contributed by atoms with van der Waals surface area (Å²) in [5.41, 5.74) is 1.87. The molecule has 0 saturated heterocycles. The second-order valence-corrected chi connectivity index (χ2v) is 8.90. The molecule has 0 atom stereocenters. The van der Waals surface area contributed by atoms with Gasteiger partial charge in [-0.25, -0.2) is 8.42 Å². The molecule has 0 bridgehead atoms. The molecule has 2 amide bonds. The summed E-state index contributed by atoms with van der Waals surface area (Å²) in [6.07, 6.45) is 0.786. The van der Waals surface area contributed by atoms with Crippen molar-refractivity contribution in [3.8, 4) is 0 Å². The summed E-state index contributed by atoms with van der Waals surface area (Å²) >= 11 is 0. The highest BCUT2D eigenvalue weighted by atomic mass is 32.2. The predicted octanol–water partition coefficient (Wildman–Crippen LogP) is 4.19. The number of hydrogen-bond acceptors (Lipinski definition) is 4. The van der Waals surface area contributed by atoms with Crippen LogP contribution in [-0.4, -0.2) is 26.8 Å². The molecular weight excluding hydrogens is 426 g/mol. The summed E-state index contributed by atoms with van der Waals surface area (Å²) in [6.45, 7) is 4.33. The van der Waals surface area contributed by atoms with Crippen molar-refractivity contribution in [1.29, 1.82) is 0 Å². The first-order chi connectivity index (χ1) is 15.3. The zero-order valence-corrected chi connectivity index (χ0v) is 18.7. The van der Waals surface area contributed by atoms with Gasteiger partial charge in [-0.1, -0.05) is 48.9 Å². The van der Waals surface area contributed by atoms with Gasteiger partial charge in [-0.3, -0.25) is 14.3 Å². The summed E-state index contributed by atoms with van der Waals surface area (Å²) < 4.78 is 28.1. The van der Waals surface area contributed by atoms with E-state index in [0.29, 0.717) is 17.8 Å². The Bertz CT molecular complexity index is 1220. The number of anilines is 2. The number of nitrogens with one attached hydrogen (secondary N) is 3. The van der Waals surface area contributed by atoms with Crippen LogP contribution in [0.15, 0.2) is 77.7 Å². The molecule has 32 heavy (non-hydrogen) atoms. The van der Waals surface area contributed by atoms with E-state index >= 15 is 0 Å². The normalized spacial score (nSPS) is 10.9. The van der Waals surface area contributed by atoms with E-state index in [0.717, 1.165) is 12.0 Å². The van der Waals surface area contributed by atoms with E-state index in [4.69, 9.17) is 0 Å². The molecule has 0 aliphatic heterocycles. The molecule has 0 radical (unpaired) electrons. The topological polar surface area (TPSA) is 104 Å². The van der Waals surface area contributed by atoms with Crippen molar-refractivity contribution in [2.24, 2.45) is 0 Å². The van der Waals surface area contributed by atoms with Gasteiger partial charge in [0, 0.05) is 6.54 Å². The van der Waals surface area contributed by atoms with Gasteiger partial charge in [0.25, 0.3) is 21.8 Å². The number of amides is 2. The van der Waals surface area contributed by atoms with E-state index in [1.807, 2.05) is 13.8 Å². The van der Waals surface area contributed by atoms with Crippen molar-refractivity contribution in [3.63, 3.8) is 0 Å². The molecule has 0 aliphatic carbocycles. The Balaban J connectivity index is 1.86. The van der Waals surface area contributed by atoms with E-state index in [1.54, 1.807) is 48.5 Å². The zero-order valence-electron chi connectivity index (χ0n) is 17.9. The Morgan fingerprint density at radius 3 is 1.97 bits per heavy atom. The summed E-state index contributed by atoms with van der Waals surface area (Å²) in [5, 5.41) is 5.51. The Kier molecular flexibility index (Phi) is 7.27. The van der Waals surface area contributed by atoms with E-state index in [2.05, 4.69) is 15.4 Å². The van der Waals surface area contributed by atoms with Crippen LogP contribution in [0.2, 0.25) is 0 Å². The molecule has 0 aromatic heterocycles. The number of sulfonamides is 1. The summed E-state index contributed by atoms with van der Waals surface area (Å²) in [7, 11) is -3.88. The van der Waals surface area contributed by atoms with Crippen LogP contribution in [0.1, 0.15) is 39.6 Å². The van der Waals surface area contributed by atoms with Crippen LogP contribution in [0.25, 0.3) is 0 Å². The predicted molar refractivity (Wildman–Crippen MR) is 125 cm³/mol. The van der Waals surface area contributed by atoms with Gasteiger partial charge < -0.3 is 10.6 Å². The lowest BCUT2D eigenvalue weighted by Crippen LogP contribution is -2.26. The first-order valence-corrected chi connectivity index (χ1v) is 11.7. The molecule has 166 valence electrons. The van der Waals surface area contributed by atoms with Gasteiger partial charge in [-0.15, -0.1) is 0 Å². The van der Waals surface area contributed by atoms with Crippen molar-refractivity contribution < 1.29 is 18.0 Å². The minimum atomic E-state index is -3.88. The third-order valence-corrected chi connectivity index (χ3v) is 6.08. The zero-order chi connectivity index (χ0) is 23.1. The quantitative estimate of drug-likeness (QED) is 0.478. The summed E-state index contributed by atoms with van der Waals surface area (Å²) in [4.78, 5) is 25.5. The lowest BCUT2D eigenvalue weighted by atomic mass is 10.1. The van der Waals surface area contributed by atoms with Crippen molar-refractivity contribution in [1.82, 2.24) is 5.32 Å². The molecule has 0 unspecified atom stereocenters. The average molecular weight is 452 g/mol. The largest absolute Gasteiger partial charge is 0.352 e. The second-order valence-electron chi connectivity index (χ2n) is 7.22. The molecule has 3 aromatic carbocycles. The Labute approximate surface area is 187 Å². The van der Waals surface area contributed by atoms with Crippen molar-refractivity contribution in [2.45, 2.75) is 25.2 Å². The number of benzene rings is 3. The second kappa shape index (κ2) is 10.1. The molecule has 0 spiro atoms. The van der Waals surface area contributed by atoms with Gasteiger partial charge >= 0.3 is 0 Å². The Morgan fingerprint density at radius 1 is 0.781 bits per heavy atom. The van der Waals surface area contributed by atoms with Gasteiger partial charge in [0.05, 0.1) is 27.4 Å². The van der Waals surface area contributed by atoms with Crippen LogP contribution in [-0.2, 0) is 10.0 Å². The van der Waals surface area contributed by atoms with Gasteiger partial charge in [0.15, 0.2) is 0 Å². The van der Waals surface area contributed by atoms with E-state index in [1.165, 1.54) is 24.3 Å². The smallest absolute Gasteiger partial charge is 0.261 e. The van der Waals surface area contributed by atoms with Crippen LogP contribution < -0.4 is 15.4 Å². The molecule has 0 heterocycles. The minimum absolute atomic E-state index is 0.0938. The van der Waals surface area contributed by atoms with E-state index in [-0.39, 0.29) is 22.1 Å². The molecule has 3 aromatic rings. The highest BCUT2D eigenvalue weighted by Gasteiger charge is 2.20. The molecule has 8 heteroatoms. The fraction of sp³-hybridized carbons (Fsp3) is 0.167. The van der Waals surface area contributed by atoms with Crippen LogP contribution in [0.5, 0.6) is 0 Å². The Hall–Kier alpha value is -3.65. The molecule has 3 rings (SSSR count). The number of hydrogen-bond donors (Lipinski definition) is 3.